The standard InChI is InChI=1S/C23H30N2O6S/c1-5-20(31-19-8-6-16(2)17(3)14-19)23(26)24-18-7-9-21(29-4)22(15-18)32(27,28)25-10-12-30-13-11-25/h6-9,14-15,20H,5,10-13H2,1-4H3,(H,24,26). The first-order valence-electron chi connectivity index (χ1n) is 10.6. The summed E-state index contributed by atoms with van der Waals surface area (Å²) in [5.74, 6) is 0.471. The highest BCUT2D eigenvalue weighted by Gasteiger charge is 2.30. The number of rotatable bonds is 8. The van der Waals surface area contributed by atoms with Crippen LogP contribution in [-0.2, 0) is 19.6 Å². The number of morpholine rings is 1. The van der Waals surface area contributed by atoms with E-state index >= 15 is 0 Å². The van der Waals surface area contributed by atoms with E-state index in [1.807, 2.05) is 39.0 Å². The van der Waals surface area contributed by atoms with Crippen LogP contribution < -0.4 is 14.8 Å². The summed E-state index contributed by atoms with van der Waals surface area (Å²) in [6, 6.07) is 10.2. The quantitative estimate of drug-likeness (QED) is 0.648. The minimum atomic E-state index is -3.80. The maximum Gasteiger partial charge on any atom is 0.265 e. The fourth-order valence-corrected chi connectivity index (χ4v) is 4.97. The van der Waals surface area contributed by atoms with E-state index in [2.05, 4.69) is 5.32 Å². The average Bonchev–Trinajstić information content (AvgIpc) is 2.80. The lowest BCUT2D eigenvalue weighted by Crippen LogP contribution is -2.40. The van der Waals surface area contributed by atoms with E-state index in [9.17, 15) is 13.2 Å². The molecule has 1 fully saturated rings. The van der Waals surface area contributed by atoms with E-state index in [1.54, 1.807) is 6.07 Å². The number of hydrogen-bond donors (Lipinski definition) is 1. The molecule has 1 unspecified atom stereocenters. The van der Waals surface area contributed by atoms with E-state index < -0.39 is 16.1 Å². The van der Waals surface area contributed by atoms with Gasteiger partial charge in [0.05, 0.1) is 20.3 Å². The molecule has 0 radical (unpaired) electrons. The lowest BCUT2D eigenvalue weighted by Gasteiger charge is -2.27. The van der Waals surface area contributed by atoms with Crippen LogP contribution in [-0.4, -0.2) is 58.1 Å². The molecule has 8 nitrogen and oxygen atoms in total. The number of carbonyl (C=O) groups excluding carboxylic acids is 1. The second kappa shape index (κ2) is 10.3. The second-order valence-corrected chi connectivity index (χ2v) is 9.54. The SMILES string of the molecule is CCC(Oc1ccc(C)c(C)c1)C(=O)Nc1ccc(OC)c(S(=O)(=O)N2CCOCC2)c1. The summed E-state index contributed by atoms with van der Waals surface area (Å²) in [6.45, 7) is 7.06. The molecule has 1 atom stereocenters. The minimum absolute atomic E-state index is 0.00262. The fraction of sp³-hybridized carbons (Fsp3) is 0.435. The van der Waals surface area contributed by atoms with Crippen molar-refractivity contribution in [3.05, 3.63) is 47.5 Å². The third kappa shape index (κ3) is 5.40. The highest BCUT2D eigenvalue weighted by Crippen LogP contribution is 2.30. The summed E-state index contributed by atoms with van der Waals surface area (Å²) in [5, 5.41) is 2.78. The van der Waals surface area contributed by atoms with Crippen LogP contribution in [0.5, 0.6) is 11.5 Å². The summed E-state index contributed by atoms with van der Waals surface area (Å²) >= 11 is 0. The van der Waals surface area contributed by atoms with Gasteiger partial charge in [0.1, 0.15) is 16.4 Å². The normalized spacial score (nSPS) is 15.8. The molecule has 1 aliphatic rings. The monoisotopic (exact) mass is 462 g/mol. The lowest BCUT2D eigenvalue weighted by atomic mass is 10.1. The van der Waals surface area contributed by atoms with Crippen molar-refractivity contribution in [2.45, 2.75) is 38.2 Å². The summed E-state index contributed by atoms with van der Waals surface area (Å²) in [4.78, 5) is 12.9. The lowest BCUT2D eigenvalue weighted by molar-refractivity contribution is -0.122. The van der Waals surface area contributed by atoms with Crippen molar-refractivity contribution in [1.82, 2.24) is 4.31 Å². The van der Waals surface area contributed by atoms with Gasteiger partial charge in [0.25, 0.3) is 5.91 Å². The van der Waals surface area contributed by atoms with Gasteiger partial charge in [-0.3, -0.25) is 4.79 Å². The first kappa shape index (κ1) is 24.0. The summed E-state index contributed by atoms with van der Waals surface area (Å²) in [5.41, 5.74) is 2.57. The van der Waals surface area contributed by atoms with E-state index in [-0.39, 0.29) is 29.6 Å². The second-order valence-electron chi connectivity index (χ2n) is 7.63. The maximum atomic E-state index is 13.1. The van der Waals surface area contributed by atoms with E-state index in [0.29, 0.717) is 31.1 Å². The Morgan fingerprint density at radius 3 is 2.47 bits per heavy atom. The Balaban J connectivity index is 1.80. The molecular formula is C23H30N2O6S. The Bertz CT molecular complexity index is 1060. The molecule has 1 aliphatic heterocycles. The zero-order chi connectivity index (χ0) is 23.3. The third-order valence-electron chi connectivity index (χ3n) is 5.44. The molecule has 1 heterocycles. The van der Waals surface area contributed by atoms with Gasteiger partial charge >= 0.3 is 0 Å². The van der Waals surface area contributed by atoms with Crippen LogP contribution in [0.4, 0.5) is 5.69 Å². The van der Waals surface area contributed by atoms with Gasteiger partial charge < -0.3 is 19.5 Å². The van der Waals surface area contributed by atoms with Gasteiger partial charge in [-0.1, -0.05) is 13.0 Å². The van der Waals surface area contributed by atoms with Crippen LogP contribution in [0.25, 0.3) is 0 Å². The zero-order valence-corrected chi connectivity index (χ0v) is 19.7. The molecule has 0 spiro atoms. The highest BCUT2D eigenvalue weighted by atomic mass is 32.2. The molecule has 0 bridgehead atoms. The molecule has 32 heavy (non-hydrogen) atoms. The van der Waals surface area contributed by atoms with Gasteiger partial charge in [0, 0.05) is 18.8 Å². The van der Waals surface area contributed by atoms with Crippen LogP contribution in [0.2, 0.25) is 0 Å². The molecule has 1 amide bonds. The molecule has 0 saturated carbocycles. The van der Waals surface area contributed by atoms with Crippen molar-refractivity contribution in [2.24, 2.45) is 0 Å². The van der Waals surface area contributed by atoms with Crippen molar-refractivity contribution in [3.63, 3.8) is 0 Å². The summed E-state index contributed by atoms with van der Waals surface area (Å²) in [6.07, 6.45) is -0.271. The maximum absolute atomic E-state index is 13.1. The van der Waals surface area contributed by atoms with Crippen molar-refractivity contribution < 1.29 is 27.4 Å². The molecule has 2 aromatic carbocycles. The first-order valence-corrected chi connectivity index (χ1v) is 12.0. The third-order valence-corrected chi connectivity index (χ3v) is 7.36. The van der Waals surface area contributed by atoms with Crippen LogP contribution >= 0.6 is 0 Å². The fourth-order valence-electron chi connectivity index (χ4n) is 3.38. The molecule has 1 N–H and O–H groups in total. The van der Waals surface area contributed by atoms with Crippen molar-refractivity contribution in [3.8, 4) is 11.5 Å². The summed E-state index contributed by atoms with van der Waals surface area (Å²) in [7, 11) is -2.39. The largest absolute Gasteiger partial charge is 0.495 e. The van der Waals surface area contributed by atoms with Crippen LogP contribution in [0.3, 0.4) is 0 Å². The van der Waals surface area contributed by atoms with Crippen LogP contribution in [0, 0.1) is 13.8 Å². The minimum Gasteiger partial charge on any atom is -0.495 e. The molecule has 3 rings (SSSR count). The number of aryl methyl sites for hydroxylation is 2. The Morgan fingerprint density at radius 2 is 1.84 bits per heavy atom. The Labute approximate surface area is 189 Å². The average molecular weight is 463 g/mol. The molecule has 1 saturated heterocycles. The predicted octanol–water partition coefficient (Wildman–Crippen LogP) is 3.13. The number of carbonyl (C=O) groups is 1. The van der Waals surface area contributed by atoms with Crippen molar-refractivity contribution in [2.75, 3.05) is 38.7 Å². The highest BCUT2D eigenvalue weighted by molar-refractivity contribution is 7.89. The number of anilines is 1. The number of nitrogens with one attached hydrogen (secondary N) is 1. The van der Waals surface area contributed by atoms with Gasteiger partial charge in [-0.15, -0.1) is 0 Å². The molecule has 0 aliphatic carbocycles. The van der Waals surface area contributed by atoms with Gasteiger partial charge in [-0.25, -0.2) is 8.42 Å². The van der Waals surface area contributed by atoms with Crippen LogP contribution in [0.1, 0.15) is 24.5 Å². The van der Waals surface area contributed by atoms with E-state index in [4.69, 9.17) is 14.2 Å². The smallest absolute Gasteiger partial charge is 0.265 e. The number of sulfonamides is 1. The van der Waals surface area contributed by atoms with Gasteiger partial charge in [-0.2, -0.15) is 4.31 Å². The van der Waals surface area contributed by atoms with Gasteiger partial charge in [0.15, 0.2) is 6.10 Å². The van der Waals surface area contributed by atoms with E-state index in [0.717, 1.165) is 11.1 Å². The van der Waals surface area contributed by atoms with Gasteiger partial charge in [0.2, 0.25) is 10.0 Å². The topological polar surface area (TPSA) is 94.2 Å². The van der Waals surface area contributed by atoms with E-state index in [1.165, 1.54) is 23.5 Å². The Morgan fingerprint density at radius 1 is 1.12 bits per heavy atom. The number of nitrogens with zero attached hydrogens (tertiary/aromatic N) is 1. The van der Waals surface area contributed by atoms with Crippen LogP contribution in [0.15, 0.2) is 41.3 Å². The molecule has 174 valence electrons. The first-order chi connectivity index (χ1) is 15.3. The number of benzene rings is 2. The number of hydrogen-bond acceptors (Lipinski definition) is 6. The molecule has 2 aromatic rings. The van der Waals surface area contributed by atoms with Crippen molar-refractivity contribution in [1.29, 1.82) is 0 Å². The summed E-state index contributed by atoms with van der Waals surface area (Å²) < 4.78 is 44.1. The number of methoxy groups -OCH3 is 1. The van der Waals surface area contributed by atoms with Crippen molar-refractivity contribution >= 4 is 21.6 Å². The Hall–Kier alpha value is -2.62. The zero-order valence-electron chi connectivity index (χ0n) is 18.9. The number of ether oxygens (including phenoxy) is 3. The Kier molecular flexibility index (Phi) is 7.76. The predicted molar refractivity (Wildman–Crippen MR) is 122 cm³/mol. The molecular weight excluding hydrogens is 432 g/mol. The number of amides is 1. The molecule has 0 aromatic heterocycles. The molecule has 9 heteroatoms. The van der Waals surface area contributed by atoms with Gasteiger partial charge in [-0.05, 0) is 61.7 Å².